The molecule has 0 aliphatic carbocycles. The summed E-state index contributed by atoms with van der Waals surface area (Å²) in [6.07, 6.45) is 3.05. The summed E-state index contributed by atoms with van der Waals surface area (Å²) in [5, 5.41) is 8.93. The molecular formula is C13H18N2O4. The standard InChI is InChI=1S/C13H18N2O4/c1-10(13(17)18)9-15(6-7-19-2)12(16)11-4-3-5-14-8-11/h3-5,8,10H,6-7,9H2,1-2H3,(H,17,18). The second-order valence-electron chi connectivity index (χ2n) is 4.22. The number of aromatic nitrogens is 1. The van der Waals surface area contributed by atoms with Crippen LogP contribution in [0.15, 0.2) is 24.5 Å². The third kappa shape index (κ3) is 4.67. The van der Waals surface area contributed by atoms with Crippen molar-refractivity contribution in [2.24, 2.45) is 5.92 Å². The number of aliphatic carboxylic acids is 1. The number of pyridine rings is 1. The lowest BCUT2D eigenvalue weighted by Crippen LogP contribution is -2.39. The monoisotopic (exact) mass is 266 g/mol. The molecule has 0 bridgehead atoms. The Morgan fingerprint density at radius 3 is 2.79 bits per heavy atom. The number of carboxylic acid groups (broad SMARTS) is 1. The summed E-state index contributed by atoms with van der Waals surface area (Å²) in [7, 11) is 1.54. The van der Waals surface area contributed by atoms with Gasteiger partial charge >= 0.3 is 5.97 Å². The van der Waals surface area contributed by atoms with Crippen molar-refractivity contribution >= 4 is 11.9 Å². The number of carboxylic acids is 1. The van der Waals surface area contributed by atoms with E-state index in [-0.39, 0.29) is 12.5 Å². The van der Waals surface area contributed by atoms with Gasteiger partial charge in [0, 0.05) is 32.6 Å². The van der Waals surface area contributed by atoms with Gasteiger partial charge in [0.05, 0.1) is 18.1 Å². The highest BCUT2D eigenvalue weighted by Crippen LogP contribution is 2.07. The fourth-order valence-corrected chi connectivity index (χ4v) is 1.56. The van der Waals surface area contributed by atoms with Gasteiger partial charge in [-0.25, -0.2) is 0 Å². The van der Waals surface area contributed by atoms with Gasteiger partial charge in [-0.05, 0) is 12.1 Å². The van der Waals surface area contributed by atoms with Crippen LogP contribution in [0.3, 0.4) is 0 Å². The molecule has 1 aromatic heterocycles. The van der Waals surface area contributed by atoms with E-state index in [0.717, 1.165) is 0 Å². The van der Waals surface area contributed by atoms with Gasteiger partial charge in [-0.3, -0.25) is 14.6 Å². The van der Waals surface area contributed by atoms with Gasteiger partial charge in [-0.15, -0.1) is 0 Å². The molecule has 1 amide bonds. The van der Waals surface area contributed by atoms with Crippen molar-refractivity contribution in [3.05, 3.63) is 30.1 Å². The van der Waals surface area contributed by atoms with Gasteiger partial charge in [-0.1, -0.05) is 6.92 Å². The Morgan fingerprint density at radius 1 is 1.53 bits per heavy atom. The van der Waals surface area contributed by atoms with Crippen LogP contribution in [0.5, 0.6) is 0 Å². The molecule has 1 heterocycles. The van der Waals surface area contributed by atoms with Crippen LogP contribution in [0, 0.1) is 5.92 Å². The second-order valence-corrected chi connectivity index (χ2v) is 4.22. The lowest BCUT2D eigenvalue weighted by molar-refractivity contribution is -0.141. The Morgan fingerprint density at radius 2 is 2.26 bits per heavy atom. The number of amides is 1. The molecule has 1 N–H and O–H groups in total. The first kappa shape index (κ1) is 15.1. The van der Waals surface area contributed by atoms with Crippen LogP contribution in [0.2, 0.25) is 0 Å². The molecule has 0 saturated carbocycles. The van der Waals surface area contributed by atoms with Gasteiger partial charge < -0.3 is 14.7 Å². The molecule has 0 spiro atoms. The molecule has 1 aromatic rings. The van der Waals surface area contributed by atoms with E-state index in [4.69, 9.17) is 9.84 Å². The Balaban J connectivity index is 2.78. The number of hydrogen-bond acceptors (Lipinski definition) is 4. The summed E-state index contributed by atoms with van der Waals surface area (Å²) in [6, 6.07) is 3.32. The molecule has 104 valence electrons. The smallest absolute Gasteiger partial charge is 0.308 e. The van der Waals surface area contributed by atoms with Crippen LogP contribution < -0.4 is 0 Å². The van der Waals surface area contributed by atoms with Crippen molar-refractivity contribution in [3.8, 4) is 0 Å². The Labute approximate surface area is 112 Å². The first-order valence-electron chi connectivity index (χ1n) is 5.97. The number of hydrogen-bond donors (Lipinski definition) is 1. The highest BCUT2D eigenvalue weighted by molar-refractivity contribution is 5.94. The quantitative estimate of drug-likeness (QED) is 0.792. The highest BCUT2D eigenvalue weighted by atomic mass is 16.5. The van der Waals surface area contributed by atoms with Crippen LogP contribution in [0.25, 0.3) is 0 Å². The Hall–Kier alpha value is -1.95. The van der Waals surface area contributed by atoms with E-state index in [9.17, 15) is 9.59 Å². The molecule has 1 rings (SSSR count). The lowest BCUT2D eigenvalue weighted by Gasteiger charge is -2.24. The van der Waals surface area contributed by atoms with Crippen molar-refractivity contribution < 1.29 is 19.4 Å². The molecule has 1 atom stereocenters. The predicted octanol–water partition coefficient (Wildman–Crippen LogP) is 0.891. The van der Waals surface area contributed by atoms with E-state index in [1.807, 2.05) is 0 Å². The average Bonchev–Trinajstić information content (AvgIpc) is 2.43. The highest BCUT2D eigenvalue weighted by Gasteiger charge is 2.21. The summed E-state index contributed by atoms with van der Waals surface area (Å²) in [5.41, 5.74) is 0.441. The normalized spacial score (nSPS) is 11.9. The van der Waals surface area contributed by atoms with Crippen LogP contribution in [0.1, 0.15) is 17.3 Å². The van der Waals surface area contributed by atoms with E-state index in [0.29, 0.717) is 18.7 Å². The zero-order chi connectivity index (χ0) is 14.3. The second kappa shape index (κ2) is 7.48. The maximum Gasteiger partial charge on any atom is 0.308 e. The Bertz CT molecular complexity index is 422. The number of methoxy groups -OCH3 is 1. The SMILES string of the molecule is COCCN(CC(C)C(=O)O)C(=O)c1cccnc1. The van der Waals surface area contributed by atoms with E-state index in [2.05, 4.69) is 4.98 Å². The molecule has 0 radical (unpaired) electrons. The van der Waals surface area contributed by atoms with E-state index in [1.165, 1.54) is 18.2 Å². The Kier molecular flexibility index (Phi) is 5.95. The fraction of sp³-hybridized carbons (Fsp3) is 0.462. The van der Waals surface area contributed by atoms with Gasteiger partial charge in [0.25, 0.3) is 5.91 Å². The number of carbonyl (C=O) groups excluding carboxylic acids is 1. The summed E-state index contributed by atoms with van der Waals surface area (Å²) >= 11 is 0. The lowest BCUT2D eigenvalue weighted by atomic mass is 10.1. The molecule has 0 aromatic carbocycles. The van der Waals surface area contributed by atoms with E-state index >= 15 is 0 Å². The van der Waals surface area contributed by atoms with Crippen molar-refractivity contribution in [2.45, 2.75) is 6.92 Å². The van der Waals surface area contributed by atoms with Crippen LogP contribution >= 0.6 is 0 Å². The minimum absolute atomic E-state index is 0.145. The topological polar surface area (TPSA) is 79.7 Å². The zero-order valence-electron chi connectivity index (χ0n) is 11.1. The molecule has 1 unspecified atom stereocenters. The molecule has 0 aliphatic heterocycles. The van der Waals surface area contributed by atoms with Gasteiger partial charge in [-0.2, -0.15) is 0 Å². The van der Waals surface area contributed by atoms with Crippen LogP contribution in [-0.4, -0.2) is 53.7 Å². The van der Waals surface area contributed by atoms with Gasteiger partial charge in [0.2, 0.25) is 0 Å². The first-order valence-corrected chi connectivity index (χ1v) is 5.97. The van der Waals surface area contributed by atoms with E-state index < -0.39 is 11.9 Å². The number of ether oxygens (including phenoxy) is 1. The summed E-state index contributed by atoms with van der Waals surface area (Å²) < 4.78 is 4.94. The zero-order valence-corrected chi connectivity index (χ0v) is 11.1. The van der Waals surface area contributed by atoms with Crippen LogP contribution in [0.4, 0.5) is 0 Å². The maximum atomic E-state index is 12.2. The molecule has 0 fully saturated rings. The van der Waals surface area contributed by atoms with E-state index in [1.54, 1.807) is 25.3 Å². The number of nitrogens with zero attached hydrogens (tertiary/aromatic N) is 2. The minimum atomic E-state index is -0.929. The predicted molar refractivity (Wildman–Crippen MR) is 68.8 cm³/mol. The number of rotatable bonds is 7. The van der Waals surface area contributed by atoms with Crippen molar-refractivity contribution in [1.82, 2.24) is 9.88 Å². The summed E-state index contributed by atoms with van der Waals surface area (Å²) in [6.45, 7) is 2.42. The fourth-order valence-electron chi connectivity index (χ4n) is 1.56. The van der Waals surface area contributed by atoms with Gasteiger partial charge in [0.1, 0.15) is 0 Å². The number of carbonyl (C=O) groups is 2. The average molecular weight is 266 g/mol. The molecule has 19 heavy (non-hydrogen) atoms. The third-order valence-electron chi connectivity index (χ3n) is 2.68. The molecule has 0 saturated heterocycles. The summed E-state index contributed by atoms with van der Waals surface area (Å²) in [4.78, 5) is 28.5. The van der Waals surface area contributed by atoms with Crippen LogP contribution in [-0.2, 0) is 9.53 Å². The first-order chi connectivity index (χ1) is 9.06. The third-order valence-corrected chi connectivity index (χ3v) is 2.68. The van der Waals surface area contributed by atoms with Crippen molar-refractivity contribution in [3.63, 3.8) is 0 Å². The summed E-state index contributed by atoms with van der Waals surface area (Å²) in [5.74, 6) is -1.79. The molecule has 0 aliphatic rings. The largest absolute Gasteiger partial charge is 0.481 e. The molecule has 6 nitrogen and oxygen atoms in total. The van der Waals surface area contributed by atoms with Crippen molar-refractivity contribution in [2.75, 3.05) is 26.8 Å². The van der Waals surface area contributed by atoms with Crippen molar-refractivity contribution in [1.29, 1.82) is 0 Å². The van der Waals surface area contributed by atoms with Gasteiger partial charge in [0.15, 0.2) is 0 Å². The molecule has 6 heteroatoms. The maximum absolute atomic E-state index is 12.2. The minimum Gasteiger partial charge on any atom is -0.481 e. The molecular weight excluding hydrogens is 248 g/mol.